The van der Waals surface area contributed by atoms with E-state index < -0.39 is 10.8 Å². The molecule has 18 heavy (non-hydrogen) atoms. The third-order valence-electron chi connectivity index (χ3n) is 2.65. The summed E-state index contributed by atoms with van der Waals surface area (Å²) in [5.74, 6) is 1.45. The summed E-state index contributed by atoms with van der Waals surface area (Å²) < 4.78 is 15.0. The Bertz CT molecular complexity index is 582. The van der Waals surface area contributed by atoms with Crippen molar-refractivity contribution in [2.75, 3.05) is 11.5 Å². The number of nitrogens with zero attached hydrogens (tertiary/aromatic N) is 2. The van der Waals surface area contributed by atoms with Crippen LogP contribution in [-0.4, -0.2) is 19.5 Å². The Morgan fingerprint density at radius 3 is 2.89 bits per heavy atom. The predicted molar refractivity (Wildman–Crippen MR) is 76.7 cm³/mol. The van der Waals surface area contributed by atoms with Gasteiger partial charge in [-0.3, -0.25) is 4.21 Å². The van der Waals surface area contributed by atoms with Gasteiger partial charge in [0.2, 0.25) is 0 Å². The molecule has 0 aliphatic heterocycles. The topological polar surface area (TPSA) is 60.9 Å². The minimum absolute atomic E-state index is 0.524. The van der Waals surface area contributed by atoms with Crippen LogP contribution in [0.1, 0.15) is 5.82 Å². The number of hydrogen-bond donors (Lipinski definition) is 1. The molecule has 2 N–H and O–H groups in total. The van der Waals surface area contributed by atoms with Crippen molar-refractivity contribution < 1.29 is 4.21 Å². The number of hydrogen-bond acceptors (Lipinski definition) is 3. The molecule has 2 aromatic rings. The lowest BCUT2D eigenvalue weighted by atomic mass is 10.3. The van der Waals surface area contributed by atoms with E-state index in [9.17, 15) is 4.21 Å². The summed E-state index contributed by atoms with van der Waals surface area (Å²) in [6, 6.07) is 5.42. The number of rotatable bonds is 4. The maximum absolute atomic E-state index is 12.2. The van der Waals surface area contributed by atoms with Crippen molar-refractivity contribution in [2.24, 2.45) is 7.05 Å². The minimum atomic E-state index is -1.10. The van der Waals surface area contributed by atoms with Crippen molar-refractivity contribution in [3.05, 3.63) is 40.9 Å². The van der Waals surface area contributed by atoms with Gasteiger partial charge in [0.1, 0.15) is 5.82 Å². The zero-order valence-corrected chi connectivity index (χ0v) is 12.4. The van der Waals surface area contributed by atoms with E-state index in [4.69, 9.17) is 5.73 Å². The van der Waals surface area contributed by atoms with Gasteiger partial charge < -0.3 is 10.3 Å². The Hall–Kier alpha value is -1.14. The Morgan fingerprint density at radius 1 is 1.50 bits per heavy atom. The Kier molecular flexibility index (Phi) is 4.19. The SMILES string of the molecule is Cn1ccnc1CCS(=O)c1ccc(Br)cc1N. The lowest BCUT2D eigenvalue weighted by molar-refractivity contribution is 0.680. The summed E-state index contributed by atoms with van der Waals surface area (Å²) in [7, 11) is 0.834. The molecule has 96 valence electrons. The number of benzene rings is 1. The molecule has 0 amide bonds. The third kappa shape index (κ3) is 3.00. The zero-order valence-electron chi connectivity index (χ0n) is 9.97. The first-order valence-electron chi connectivity index (χ1n) is 5.47. The molecule has 1 unspecified atom stereocenters. The number of nitrogen functional groups attached to an aromatic ring is 1. The van der Waals surface area contributed by atoms with Gasteiger partial charge in [-0.2, -0.15) is 0 Å². The maximum Gasteiger partial charge on any atom is 0.109 e. The van der Waals surface area contributed by atoms with Crippen molar-refractivity contribution in [3.8, 4) is 0 Å². The molecule has 0 bridgehead atoms. The van der Waals surface area contributed by atoms with Gasteiger partial charge in [0.15, 0.2) is 0 Å². The number of aromatic nitrogens is 2. The molecular weight excluding hydrogens is 314 g/mol. The quantitative estimate of drug-likeness (QED) is 0.875. The largest absolute Gasteiger partial charge is 0.398 e. The smallest absolute Gasteiger partial charge is 0.109 e. The van der Waals surface area contributed by atoms with Crippen LogP contribution in [0, 0.1) is 0 Å². The van der Waals surface area contributed by atoms with E-state index in [-0.39, 0.29) is 0 Å². The lowest BCUT2D eigenvalue weighted by Gasteiger charge is -2.06. The van der Waals surface area contributed by atoms with E-state index in [0.717, 1.165) is 10.3 Å². The standard InChI is InChI=1S/C12H14BrN3OS/c1-16-6-5-15-12(16)4-7-18(17)11-3-2-9(13)8-10(11)14/h2-3,5-6,8H,4,7,14H2,1H3. The molecule has 0 aliphatic rings. The number of halogens is 1. The summed E-state index contributed by atoms with van der Waals surface area (Å²) in [5.41, 5.74) is 6.42. The molecular formula is C12H14BrN3OS. The summed E-state index contributed by atoms with van der Waals surface area (Å²) in [6.45, 7) is 0. The van der Waals surface area contributed by atoms with Gasteiger partial charge in [0.05, 0.1) is 15.7 Å². The Labute approximate surface area is 117 Å². The Balaban J connectivity index is 2.06. The summed E-state index contributed by atoms with van der Waals surface area (Å²) in [4.78, 5) is 4.90. The van der Waals surface area contributed by atoms with E-state index in [1.807, 2.05) is 23.9 Å². The zero-order chi connectivity index (χ0) is 13.1. The molecule has 1 atom stereocenters. The van der Waals surface area contributed by atoms with Gasteiger partial charge >= 0.3 is 0 Å². The monoisotopic (exact) mass is 327 g/mol. The molecule has 4 nitrogen and oxygen atoms in total. The van der Waals surface area contributed by atoms with E-state index in [1.165, 1.54) is 0 Å². The Morgan fingerprint density at radius 2 is 2.28 bits per heavy atom. The van der Waals surface area contributed by atoms with Crippen LogP contribution in [0.4, 0.5) is 5.69 Å². The molecule has 6 heteroatoms. The molecule has 0 saturated carbocycles. The first-order chi connectivity index (χ1) is 8.58. The van der Waals surface area contributed by atoms with Crippen molar-refractivity contribution in [1.29, 1.82) is 0 Å². The van der Waals surface area contributed by atoms with Crippen molar-refractivity contribution in [2.45, 2.75) is 11.3 Å². The molecule has 0 aliphatic carbocycles. The summed E-state index contributed by atoms with van der Waals surface area (Å²) in [5, 5.41) is 0. The number of aryl methyl sites for hydroxylation is 2. The second kappa shape index (κ2) is 5.67. The van der Waals surface area contributed by atoms with Gasteiger partial charge in [-0.1, -0.05) is 15.9 Å². The predicted octanol–water partition coefficient (Wildman–Crippen LogP) is 2.12. The molecule has 1 heterocycles. The van der Waals surface area contributed by atoms with Crippen LogP contribution in [0.3, 0.4) is 0 Å². The van der Waals surface area contributed by atoms with E-state index in [1.54, 1.807) is 18.3 Å². The summed E-state index contributed by atoms with van der Waals surface area (Å²) in [6.07, 6.45) is 4.30. The average Bonchev–Trinajstić information content (AvgIpc) is 2.72. The highest BCUT2D eigenvalue weighted by atomic mass is 79.9. The average molecular weight is 328 g/mol. The summed E-state index contributed by atoms with van der Waals surface area (Å²) >= 11 is 3.33. The number of imidazole rings is 1. The van der Waals surface area contributed by atoms with Gasteiger partial charge in [0, 0.05) is 41.8 Å². The first kappa shape index (κ1) is 13.3. The highest BCUT2D eigenvalue weighted by molar-refractivity contribution is 9.10. The van der Waals surface area contributed by atoms with Crippen LogP contribution in [0.2, 0.25) is 0 Å². The number of nitrogens with two attached hydrogens (primary N) is 1. The second-order valence-corrected chi connectivity index (χ2v) is 6.39. The molecule has 0 radical (unpaired) electrons. The van der Waals surface area contributed by atoms with E-state index >= 15 is 0 Å². The fraction of sp³-hybridized carbons (Fsp3) is 0.250. The lowest BCUT2D eigenvalue weighted by Crippen LogP contribution is -2.07. The van der Waals surface area contributed by atoms with Crippen LogP contribution in [0.5, 0.6) is 0 Å². The van der Waals surface area contributed by atoms with Crippen LogP contribution >= 0.6 is 15.9 Å². The van der Waals surface area contributed by atoms with Gasteiger partial charge in [-0.25, -0.2) is 4.98 Å². The first-order valence-corrected chi connectivity index (χ1v) is 7.58. The fourth-order valence-corrected chi connectivity index (χ4v) is 3.17. The van der Waals surface area contributed by atoms with Crippen LogP contribution in [0.15, 0.2) is 40.0 Å². The molecule has 0 fully saturated rings. The molecule has 0 saturated heterocycles. The van der Waals surface area contributed by atoms with Gasteiger partial charge in [0.25, 0.3) is 0 Å². The molecule has 1 aromatic carbocycles. The third-order valence-corrected chi connectivity index (χ3v) is 4.58. The van der Waals surface area contributed by atoms with E-state index in [0.29, 0.717) is 22.8 Å². The van der Waals surface area contributed by atoms with Crippen LogP contribution in [-0.2, 0) is 24.3 Å². The van der Waals surface area contributed by atoms with Crippen LogP contribution < -0.4 is 5.73 Å². The highest BCUT2D eigenvalue weighted by Gasteiger charge is 2.10. The molecule has 2 rings (SSSR count). The minimum Gasteiger partial charge on any atom is -0.398 e. The second-order valence-electron chi connectivity index (χ2n) is 3.94. The highest BCUT2D eigenvalue weighted by Crippen LogP contribution is 2.21. The van der Waals surface area contributed by atoms with Gasteiger partial charge in [-0.05, 0) is 18.2 Å². The fourth-order valence-electron chi connectivity index (χ4n) is 1.66. The van der Waals surface area contributed by atoms with Crippen molar-refractivity contribution in [3.63, 3.8) is 0 Å². The normalized spacial score (nSPS) is 12.6. The molecule has 0 spiro atoms. The van der Waals surface area contributed by atoms with Crippen molar-refractivity contribution in [1.82, 2.24) is 9.55 Å². The van der Waals surface area contributed by atoms with Gasteiger partial charge in [-0.15, -0.1) is 0 Å². The van der Waals surface area contributed by atoms with E-state index in [2.05, 4.69) is 20.9 Å². The number of anilines is 1. The van der Waals surface area contributed by atoms with Crippen molar-refractivity contribution >= 4 is 32.4 Å². The maximum atomic E-state index is 12.2. The van der Waals surface area contributed by atoms with Crippen LogP contribution in [0.25, 0.3) is 0 Å². The molecule has 1 aromatic heterocycles.